The van der Waals surface area contributed by atoms with E-state index in [1.165, 1.54) is 0 Å². The number of aromatic nitrogens is 3. The Morgan fingerprint density at radius 3 is 2.81 bits per heavy atom. The number of nitrogens with zero attached hydrogens (tertiary/aromatic N) is 3. The van der Waals surface area contributed by atoms with Gasteiger partial charge in [-0.2, -0.15) is 0 Å². The second-order valence-electron chi connectivity index (χ2n) is 6.38. The number of pyridine rings is 1. The normalized spacial score (nSPS) is 14.8. The number of imidazole rings is 1. The van der Waals surface area contributed by atoms with E-state index >= 15 is 0 Å². The molecule has 2 aromatic heterocycles. The highest BCUT2D eigenvalue weighted by Crippen LogP contribution is 2.55. The van der Waals surface area contributed by atoms with Crippen LogP contribution in [-0.4, -0.2) is 38.0 Å². The molecule has 0 radical (unpaired) electrons. The lowest BCUT2D eigenvalue weighted by molar-refractivity contribution is 0.0262. The molecule has 0 saturated carbocycles. The van der Waals surface area contributed by atoms with E-state index in [1.807, 2.05) is 28.8 Å². The van der Waals surface area contributed by atoms with Crippen LogP contribution < -0.4 is 5.73 Å². The summed E-state index contributed by atoms with van der Waals surface area (Å²) in [6.45, 7) is 5.56. The lowest BCUT2D eigenvalue weighted by atomic mass is 10.2. The Morgan fingerprint density at radius 1 is 1.35 bits per heavy atom. The van der Waals surface area contributed by atoms with E-state index in [4.69, 9.17) is 15.0 Å². The Morgan fingerprint density at radius 2 is 2.08 bits per heavy atom. The van der Waals surface area contributed by atoms with Crippen molar-refractivity contribution >= 4 is 35.3 Å². The predicted molar refractivity (Wildman–Crippen MR) is 101 cm³/mol. The van der Waals surface area contributed by atoms with E-state index < -0.39 is 12.9 Å². The number of nitrogen functional groups attached to an aromatic ring is 1. The van der Waals surface area contributed by atoms with Crippen LogP contribution in [0.2, 0.25) is 0 Å². The number of para-hydroxylation sites is 1. The zero-order valence-electron chi connectivity index (χ0n) is 15.0. The molecule has 1 aromatic carbocycles. The standard InChI is InChI=1S/C17H23N4O4P/c1-4-24-17(2,3)26(22,23)25-10-9-21-11-19-14-15(21)12-7-5-6-8-13(12)20-16(14)18/h5-8,11H,4,9-10H2,1-3H3,(H2,18,20)(H,22,23). The molecule has 0 aliphatic rings. The van der Waals surface area contributed by atoms with Crippen molar-refractivity contribution < 1.29 is 18.7 Å². The minimum Gasteiger partial charge on any atom is -0.382 e. The van der Waals surface area contributed by atoms with E-state index in [2.05, 4.69) is 9.97 Å². The molecule has 1 unspecified atom stereocenters. The molecule has 9 heteroatoms. The zero-order chi connectivity index (χ0) is 18.9. The first-order chi connectivity index (χ1) is 12.3. The number of ether oxygens (including phenoxy) is 1. The third kappa shape index (κ3) is 3.33. The van der Waals surface area contributed by atoms with Crippen LogP contribution in [-0.2, 0) is 20.4 Å². The van der Waals surface area contributed by atoms with Crippen molar-refractivity contribution in [2.45, 2.75) is 32.7 Å². The summed E-state index contributed by atoms with van der Waals surface area (Å²) in [7, 11) is -3.94. The van der Waals surface area contributed by atoms with Gasteiger partial charge in [0.2, 0.25) is 0 Å². The molecule has 0 aliphatic carbocycles. The summed E-state index contributed by atoms with van der Waals surface area (Å²) in [6.07, 6.45) is 1.63. The van der Waals surface area contributed by atoms with Crippen LogP contribution in [0.1, 0.15) is 20.8 Å². The highest BCUT2D eigenvalue weighted by atomic mass is 31.2. The van der Waals surface area contributed by atoms with Gasteiger partial charge in [-0.1, -0.05) is 18.2 Å². The first-order valence-corrected chi connectivity index (χ1v) is 9.95. The highest BCUT2D eigenvalue weighted by molar-refractivity contribution is 7.54. The van der Waals surface area contributed by atoms with Gasteiger partial charge in [0.15, 0.2) is 11.2 Å². The van der Waals surface area contributed by atoms with Crippen LogP contribution in [0.25, 0.3) is 21.9 Å². The third-order valence-corrected chi connectivity index (χ3v) is 6.28. The van der Waals surface area contributed by atoms with Gasteiger partial charge in [-0.15, -0.1) is 0 Å². The first-order valence-electron chi connectivity index (χ1n) is 8.37. The quantitative estimate of drug-likeness (QED) is 0.607. The van der Waals surface area contributed by atoms with Crippen LogP contribution in [0.3, 0.4) is 0 Å². The van der Waals surface area contributed by atoms with Crippen LogP contribution in [0.15, 0.2) is 30.6 Å². The number of benzene rings is 1. The molecule has 3 N–H and O–H groups in total. The Kier molecular flexibility index (Phi) is 5.03. The van der Waals surface area contributed by atoms with Crippen molar-refractivity contribution in [1.29, 1.82) is 0 Å². The number of hydrogen-bond acceptors (Lipinski definition) is 6. The molecule has 0 spiro atoms. The molecule has 0 bridgehead atoms. The molecule has 0 amide bonds. The summed E-state index contributed by atoms with van der Waals surface area (Å²) in [4.78, 5) is 18.9. The lowest BCUT2D eigenvalue weighted by Crippen LogP contribution is -2.26. The number of nitrogens with two attached hydrogens (primary N) is 1. The van der Waals surface area contributed by atoms with Crippen LogP contribution in [0.4, 0.5) is 5.82 Å². The van der Waals surface area contributed by atoms with E-state index in [9.17, 15) is 9.46 Å². The van der Waals surface area contributed by atoms with Gasteiger partial charge in [-0.3, -0.25) is 4.57 Å². The Bertz CT molecular complexity index is 985. The number of rotatable bonds is 7. The van der Waals surface area contributed by atoms with Gasteiger partial charge in [-0.25, -0.2) is 9.97 Å². The summed E-state index contributed by atoms with van der Waals surface area (Å²) in [5.74, 6) is 0.351. The third-order valence-electron chi connectivity index (χ3n) is 4.26. The molecule has 0 aliphatic heterocycles. The summed E-state index contributed by atoms with van der Waals surface area (Å²) >= 11 is 0. The Hall–Kier alpha value is -1.99. The minimum absolute atomic E-state index is 0.0340. The van der Waals surface area contributed by atoms with Crippen LogP contribution in [0, 0.1) is 0 Å². The van der Waals surface area contributed by atoms with Crippen molar-refractivity contribution in [1.82, 2.24) is 14.5 Å². The predicted octanol–water partition coefficient (Wildman–Crippen LogP) is 3.14. The Labute approximate surface area is 151 Å². The maximum atomic E-state index is 12.4. The molecule has 0 fully saturated rings. The van der Waals surface area contributed by atoms with Crippen molar-refractivity contribution in [3.63, 3.8) is 0 Å². The van der Waals surface area contributed by atoms with Gasteiger partial charge in [0.1, 0.15) is 5.52 Å². The van der Waals surface area contributed by atoms with Gasteiger partial charge in [0.05, 0.1) is 24.0 Å². The first kappa shape index (κ1) is 18.8. The van der Waals surface area contributed by atoms with Crippen molar-refractivity contribution in [2.24, 2.45) is 0 Å². The molecule has 3 aromatic rings. The van der Waals surface area contributed by atoms with E-state index in [-0.39, 0.29) is 6.61 Å². The number of hydrogen-bond donors (Lipinski definition) is 2. The molecule has 8 nitrogen and oxygen atoms in total. The second kappa shape index (κ2) is 6.96. The monoisotopic (exact) mass is 378 g/mol. The van der Waals surface area contributed by atoms with Gasteiger partial charge < -0.3 is 24.5 Å². The fraction of sp³-hybridized carbons (Fsp3) is 0.412. The fourth-order valence-corrected chi connectivity index (χ4v) is 3.76. The minimum atomic E-state index is -3.94. The van der Waals surface area contributed by atoms with E-state index in [0.717, 1.165) is 16.4 Å². The van der Waals surface area contributed by atoms with Crippen LogP contribution >= 0.6 is 7.60 Å². The highest BCUT2D eigenvalue weighted by Gasteiger charge is 2.41. The SMILES string of the molecule is CCOC(C)(C)P(=O)(O)OCCn1cnc2c(N)nc3ccccc3c21. The summed E-state index contributed by atoms with van der Waals surface area (Å²) < 4.78 is 24.9. The molecule has 140 valence electrons. The molecule has 2 heterocycles. The molecular formula is C17H23N4O4P. The molecule has 0 saturated heterocycles. The summed E-state index contributed by atoms with van der Waals surface area (Å²) in [6, 6.07) is 7.63. The number of anilines is 1. The topological polar surface area (TPSA) is 112 Å². The average molecular weight is 378 g/mol. The molecule has 1 atom stereocenters. The zero-order valence-corrected chi connectivity index (χ0v) is 15.9. The van der Waals surface area contributed by atoms with E-state index in [0.29, 0.717) is 24.5 Å². The second-order valence-corrected chi connectivity index (χ2v) is 8.76. The van der Waals surface area contributed by atoms with E-state index in [1.54, 1.807) is 27.1 Å². The maximum Gasteiger partial charge on any atom is 0.359 e. The summed E-state index contributed by atoms with van der Waals surface area (Å²) in [5.41, 5.74) is 8.20. The largest absolute Gasteiger partial charge is 0.382 e. The average Bonchev–Trinajstić information content (AvgIpc) is 2.99. The van der Waals surface area contributed by atoms with Gasteiger partial charge in [0, 0.05) is 18.5 Å². The van der Waals surface area contributed by atoms with Crippen molar-refractivity contribution in [3.05, 3.63) is 30.6 Å². The van der Waals surface area contributed by atoms with Gasteiger partial charge in [-0.05, 0) is 26.8 Å². The fourth-order valence-electron chi connectivity index (χ4n) is 2.83. The van der Waals surface area contributed by atoms with Crippen molar-refractivity contribution in [2.75, 3.05) is 18.9 Å². The molecule has 26 heavy (non-hydrogen) atoms. The number of fused-ring (bicyclic) bond motifs is 3. The van der Waals surface area contributed by atoms with Crippen LogP contribution in [0.5, 0.6) is 0 Å². The lowest BCUT2D eigenvalue weighted by Gasteiger charge is -2.29. The summed E-state index contributed by atoms with van der Waals surface area (Å²) in [5, 5.41) is -0.351. The molecular weight excluding hydrogens is 355 g/mol. The Balaban J connectivity index is 1.85. The van der Waals surface area contributed by atoms with Gasteiger partial charge in [0.25, 0.3) is 0 Å². The van der Waals surface area contributed by atoms with Crippen molar-refractivity contribution in [3.8, 4) is 0 Å². The smallest absolute Gasteiger partial charge is 0.359 e. The molecule has 3 rings (SSSR count). The van der Waals surface area contributed by atoms with Gasteiger partial charge >= 0.3 is 7.60 Å². The maximum absolute atomic E-state index is 12.4.